The Bertz CT molecular complexity index is 341. The number of rotatable bonds is 3. The van der Waals surface area contributed by atoms with Crippen LogP contribution in [0.25, 0.3) is 0 Å². The lowest BCUT2D eigenvalue weighted by molar-refractivity contribution is 0.517. The van der Waals surface area contributed by atoms with Crippen molar-refractivity contribution in [3.8, 4) is 0 Å². The summed E-state index contributed by atoms with van der Waals surface area (Å²) >= 11 is 0. The number of hydrogen-bond donors (Lipinski definition) is 1. The number of hydrogen-bond acceptors (Lipinski definition) is 4. The van der Waals surface area contributed by atoms with Crippen molar-refractivity contribution >= 4 is 11.6 Å². The van der Waals surface area contributed by atoms with Crippen LogP contribution in [0.4, 0.5) is 11.6 Å². The van der Waals surface area contributed by atoms with Gasteiger partial charge in [-0.05, 0) is 20.8 Å². The van der Waals surface area contributed by atoms with Crippen molar-refractivity contribution < 1.29 is 0 Å². The van der Waals surface area contributed by atoms with Crippen molar-refractivity contribution in [2.45, 2.75) is 26.3 Å². The number of nitrogens with zero attached hydrogens (tertiary/aromatic N) is 3. The molecule has 0 radical (unpaired) electrons. The molecule has 1 aromatic rings. The Hall–Kier alpha value is -1.58. The van der Waals surface area contributed by atoms with E-state index >= 15 is 0 Å². The van der Waals surface area contributed by atoms with E-state index in [2.05, 4.69) is 42.2 Å². The first-order valence-electron chi connectivity index (χ1n) is 4.91. The van der Waals surface area contributed by atoms with Gasteiger partial charge in [-0.15, -0.1) is 6.58 Å². The van der Waals surface area contributed by atoms with Gasteiger partial charge in [-0.25, -0.2) is 9.97 Å². The van der Waals surface area contributed by atoms with Crippen LogP contribution in [0.5, 0.6) is 0 Å². The molecule has 0 saturated heterocycles. The molecule has 1 aromatic heterocycles. The molecule has 4 nitrogen and oxygen atoms in total. The van der Waals surface area contributed by atoms with E-state index < -0.39 is 0 Å². The molecule has 4 heteroatoms. The molecule has 0 aliphatic heterocycles. The van der Waals surface area contributed by atoms with E-state index in [9.17, 15) is 0 Å². The Kier molecular flexibility index (Phi) is 3.29. The molecule has 82 valence electrons. The van der Waals surface area contributed by atoms with E-state index in [-0.39, 0.29) is 5.54 Å². The van der Waals surface area contributed by atoms with Gasteiger partial charge >= 0.3 is 0 Å². The molecule has 0 spiro atoms. The van der Waals surface area contributed by atoms with Gasteiger partial charge in [0.1, 0.15) is 18.0 Å². The minimum Gasteiger partial charge on any atom is -0.384 e. The van der Waals surface area contributed by atoms with Crippen molar-refractivity contribution in [1.29, 1.82) is 0 Å². The monoisotopic (exact) mass is 206 g/mol. The van der Waals surface area contributed by atoms with Gasteiger partial charge in [0.15, 0.2) is 0 Å². The summed E-state index contributed by atoms with van der Waals surface area (Å²) < 4.78 is 0. The molecule has 0 fully saturated rings. The molecule has 2 N–H and O–H groups in total. The van der Waals surface area contributed by atoms with E-state index in [1.165, 1.54) is 6.33 Å². The van der Waals surface area contributed by atoms with Crippen LogP contribution in [0.1, 0.15) is 20.8 Å². The van der Waals surface area contributed by atoms with E-state index in [0.717, 1.165) is 12.4 Å². The van der Waals surface area contributed by atoms with Gasteiger partial charge in [-0.2, -0.15) is 0 Å². The molecule has 0 saturated carbocycles. The molecule has 15 heavy (non-hydrogen) atoms. The second-order valence-electron chi connectivity index (χ2n) is 4.37. The molecule has 0 aromatic carbocycles. The quantitative estimate of drug-likeness (QED) is 0.767. The maximum Gasteiger partial charge on any atom is 0.134 e. The van der Waals surface area contributed by atoms with E-state index in [0.29, 0.717) is 5.82 Å². The lowest BCUT2D eigenvalue weighted by Gasteiger charge is -2.35. The van der Waals surface area contributed by atoms with Crippen LogP contribution in [0, 0.1) is 0 Å². The Morgan fingerprint density at radius 2 is 2.13 bits per heavy atom. The van der Waals surface area contributed by atoms with Gasteiger partial charge in [0.05, 0.1) is 0 Å². The van der Waals surface area contributed by atoms with Crippen LogP contribution in [0.15, 0.2) is 25.0 Å². The topological polar surface area (TPSA) is 55.0 Å². The van der Waals surface area contributed by atoms with E-state index in [1.807, 2.05) is 6.08 Å². The zero-order valence-electron chi connectivity index (χ0n) is 9.57. The molecule has 0 amide bonds. The lowest BCUT2D eigenvalue weighted by Crippen LogP contribution is -2.42. The van der Waals surface area contributed by atoms with Crippen molar-refractivity contribution in [2.24, 2.45) is 0 Å². The highest BCUT2D eigenvalue weighted by Crippen LogP contribution is 2.21. The summed E-state index contributed by atoms with van der Waals surface area (Å²) in [4.78, 5) is 10.2. The minimum atomic E-state index is -0.0189. The van der Waals surface area contributed by atoms with Crippen LogP contribution in [0.3, 0.4) is 0 Å². The molecule has 0 unspecified atom stereocenters. The van der Waals surface area contributed by atoms with E-state index in [4.69, 9.17) is 5.73 Å². The average Bonchev–Trinajstić information content (AvgIpc) is 2.12. The van der Waals surface area contributed by atoms with Crippen molar-refractivity contribution in [1.82, 2.24) is 9.97 Å². The van der Waals surface area contributed by atoms with Gasteiger partial charge in [-0.1, -0.05) is 6.08 Å². The fourth-order valence-corrected chi connectivity index (χ4v) is 1.35. The fourth-order valence-electron chi connectivity index (χ4n) is 1.35. The first-order chi connectivity index (χ1) is 6.95. The number of anilines is 2. The molecule has 1 heterocycles. The van der Waals surface area contributed by atoms with Crippen LogP contribution < -0.4 is 10.6 Å². The second kappa shape index (κ2) is 4.29. The van der Waals surface area contributed by atoms with Crippen LogP contribution in [-0.2, 0) is 0 Å². The Morgan fingerprint density at radius 3 is 2.60 bits per heavy atom. The third-order valence-electron chi connectivity index (χ3n) is 2.07. The third-order valence-corrected chi connectivity index (χ3v) is 2.07. The standard InChI is InChI=1S/C11H18N4/c1-5-6-15(11(2,3)4)10-7-9(12)13-8-14-10/h5,7-8H,1,6H2,2-4H3,(H2,12,13,14). The average molecular weight is 206 g/mol. The number of aromatic nitrogens is 2. The molecule has 0 atom stereocenters. The largest absolute Gasteiger partial charge is 0.384 e. The highest BCUT2D eigenvalue weighted by Gasteiger charge is 2.21. The summed E-state index contributed by atoms with van der Waals surface area (Å²) in [6, 6.07) is 1.77. The predicted octanol–water partition coefficient (Wildman–Crippen LogP) is 1.85. The molecule has 0 aliphatic rings. The van der Waals surface area contributed by atoms with Gasteiger partial charge in [0.2, 0.25) is 0 Å². The Labute approximate surface area is 90.8 Å². The lowest BCUT2D eigenvalue weighted by atomic mass is 10.1. The van der Waals surface area contributed by atoms with Crippen LogP contribution >= 0.6 is 0 Å². The summed E-state index contributed by atoms with van der Waals surface area (Å²) in [6.07, 6.45) is 3.33. The summed E-state index contributed by atoms with van der Waals surface area (Å²) in [5, 5.41) is 0. The van der Waals surface area contributed by atoms with Gasteiger partial charge < -0.3 is 10.6 Å². The summed E-state index contributed by atoms with van der Waals surface area (Å²) in [5.74, 6) is 1.31. The maximum atomic E-state index is 5.63. The summed E-state index contributed by atoms with van der Waals surface area (Å²) in [6.45, 7) is 10.8. The zero-order valence-corrected chi connectivity index (χ0v) is 9.57. The molecule has 1 rings (SSSR count). The zero-order chi connectivity index (χ0) is 11.5. The highest BCUT2D eigenvalue weighted by atomic mass is 15.2. The SMILES string of the molecule is C=CCN(c1cc(N)ncn1)C(C)(C)C. The van der Waals surface area contributed by atoms with E-state index in [1.54, 1.807) is 6.07 Å². The van der Waals surface area contributed by atoms with Gasteiger partial charge in [0, 0.05) is 18.2 Å². The number of nitrogen functional groups attached to an aromatic ring is 1. The fraction of sp³-hybridized carbons (Fsp3) is 0.455. The molecule has 0 bridgehead atoms. The molecular formula is C11H18N4. The second-order valence-corrected chi connectivity index (χ2v) is 4.37. The molecule has 0 aliphatic carbocycles. The van der Waals surface area contributed by atoms with Gasteiger partial charge in [-0.3, -0.25) is 0 Å². The molecular weight excluding hydrogens is 188 g/mol. The van der Waals surface area contributed by atoms with Crippen LogP contribution in [-0.4, -0.2) is 22.1 Å². The Balaban J connectivity index is 3.04. The first kappa shape index (κ1) is 11.5. The normalized spacial score (nSPS) is 11.1. The third kappa shape index (κ3) is 2.94. The minimum absolute atomic E-state index is 0.0189. The number of nitrogens with two attached hydrogens (primary N) is 1. The maximum absolute atomic E-state index is 5.63. The predicted molar refractivity (Wildman–Crippen MR) is 63.7 cm³/mol. The van der Waals surface area contributed by atoms with Crippen molar-refractivity contribution in [3.05, 3.63) is 25.0 Å². The summed E-state index contributed by atoms with van der Waals surface area (Å²) in [5.41, 5.74) is 5.61. The van der Waals surface area contributed by atoms with Crippen molar-refractivity contribution in [2.75, 3.05) is 17.2 Å². The van der Waals surface area contributed by atoms with Crippen LogP contribution in [0.2, 0.25) is 0 Å². The first-order valence-corrected chi connectivity index (χ1v) is 4.91. The Morgan fingerprint density at radius 1 is 1.47 bits per heavy atom. The highest BCUT2D eigenvalue weighted by molar-refractivity contribution is 5.48. The van der Waals surface area contributed by atoms with Crippen molar-refractivity contribution in [3.63, 3.8) is 0 Å². The van der Waals surface area contributed by atoms with Gasteiger partial charge in [0.25, 0.3) is 0 Å². The summed E-state index contributed by atoms with van der Waals surface area (Å²) in [7, 11) is 0. The smallest absolute Gasteiger partial charge is 0.134 e.